The third-order valence-corrected chi connectivity index (χ3v) is 3.29. The highest BCUT2D eigenvalue weighted by atomic mass is 16.2. The van der Waals surface area contributed by atoms with Gasteiger partial charge in [-0.05, 0) is 27.7 Å². The molecule has 5 heteroatoms. The Bertz CT molecular complexity index is 375. The summed E-state index contributed by atoms with van der Waals surface area (Å²) >= 11 is 0. The fraction of sp³-hybridized carbons (Fsp3) is 0.545. The summed E-state index contributed by atoms with van der Waals surface area (Å²) in [5.74, 6) is -3.84. The van der Waals surface area contributed by atoms with Crippen molar-refractivity contribution in [2.24, 2.45) is 10.8 Å². The predicted octanol–water partition coefficient (Wildman–Crippen LogP) is -0.102. The van der Waals surface area contributed by atoms with Crippen LogP contribution in [-0.2, 0) is 24.0 Å². The summed E-state index contributed by atoms with van der Waals surface area (Å²) in [4.78, 5) is 57.6. The van der Waals surface area contributed by atoms with Crippen LogP contribution in [0.1, 0.15) is 27.7 Å². The van der Waals surface area contributed by atoms with E-state index in [1.54, 1.807) is 0 Å². The van der Waals surface area contributed by atoms with E-state index >= 15 is 0 Å². The van der Waals surface area contributed by atoms with E-state index in [0.29, 0.717) is 0 Å². The quantitative estimate of drug-likeness (QED) is 0.622. The number of hydrogen-bond acceptors (Lipinski definition) is 5. The first-order valence-corrected chi connectivity index (χ1v) is 4.77. The molecular formula is C11H12O5. The topological polar surface area (TPSA) is 85.3 Å². The minimum Gasteiger partial charge on any atom is -0.298 e. The van der Waals surface area contributed by atoms with Crippen molar-refractivity contribution >= 4 is 28.9 Å². The third-order valence-electron chi connectivity index (χ3n) is 3.29. The van der Waals surface area contributed by atoms with Crippen molar-refractivity contribution in [2.75, 3.05) is 0 Å². The summed E-state index contributed by atoms with van der Waals surface area (Å²) in [7, 11) is 0. The van der Waals surface area contributed by atoms with Crippen molar-refractivity contribution in [1.29, 1.82) is 0 Å². The monoisotopic (exact) mass is 224 g/mol. The summed E-state index contributed by atoms with van der Waals surface area (Å²) < 4.78 is 0. The lowest BCUT2D eigenvalue weighted by Gasteiger charge is -2.13. The molecule has 0 aliphatic heterocycles. The average Bonchev–Trinajstić information content (AvgIpc) is 2.67. The summed E-state index contributed by atoms with van der Waals surface area (Å²) in [6.45, 7) is 4.19. The van der Waals surface area contributed by atoms with Gasteiger partial charge in [-0.15, -0.1) is 0 Å². The van der Waals surface area contributed by atoms with Crippen LogP contribution in [0.25, 0.3) is 0 Å². The second-order valence-electron chi connectivity index (χ2n) is 4.05. The maximum atomic E-state index is 11.7. The van der Waals surface area contributed by atoms with Gasteiger partial charge in [-0.2, -0.15) is 0 Å². The molecule has 1 saturated carbocycles. The van der Waals surface area contributed by atoms with Gasteiger partial charge in [0, 0.05) is 0 Å². The van der Waals surface area contributed by atoms with Gasteiger partial charge in [-0.1, -0.05) is 0 Å². The molecule has 1 aliphatic rings. The number of rotatable bonds is 4. The zero-order valence-electron chi connectivity index (χ0n) is 9.54. The molecule has 0 N–H and O–H groups in total. The number of ketones is 5. The lowest BCUT2D eigenvalue weighted by atomic mass is 9.81. The fourth-order valence-corrected chi connectivity index (χ4v) is 2.57. The van der Waals surface area contributed by atoms with E-state index in [2.05, 4.69) is 0 Å². The second-order valence-corrected chi connectivity index (χ2v) is 4.05. The summed E-state index contributed by atoms with van der Waals surface area (Å²) in [6.07, 6.45) is 0. The minimum absolute atomic E-state index is 0.740. The van der Waals surface area contributed by atoms with Gasteiger partial charge in [-0.3, -0.25) is 24.0 Å². The molecule has 86 valence electrons. The summed E-state index contributed by atoms with van der Waals surface area (Å²) in [5, 5.41) is 0. The molecule has 0 aromatic rings. The molecule has 5 nitrogen and oxygen atoms in total. The predicted molar refractivity (Wildman–Crippen MR) is 52.6 cm³/mol. The third kappa shape index (κ3) is 0.930. The molecule has 0 atom stereocenters. The first-order chi connectivity index (χ1) is 7.18. The van der Waals surface area contributed by atoms with Crippen LogP contribution < -0.4 is 0 Å². The molecule has 0 heterocycles. The van der Waals surface area contributed by atoms with Crippen LogP contribution in [0.3, 0.4) is 0 Å². The van der Waals surface area contributed by atoms with E-state index in [9.17, 15) is 24.0 Å². The molecule has 1 fully saturated rings. The van der Waals surface area contributed by atoms with Crippen molar-refractivity contribution in [1.82, 2.24) is 0 Å². The maximum absolute atomic E-state index is 11.7. The molecular weight excluding hydrogens is 212 g/mol. The Morgan fingerprint density at radius 1 is 0.688 bits per heavy atom. The van der Waals surface area contributed by atoms with Gasteiger partial charge >= 0.3 is 0 Å². The van der Waals surface area contributed by atoms with Gasteiger partial charge in [0.1, 0.15) is 0 Å². The second kappa shape index (κ2) is 3.17. The summed E-state index contributed by atoms with van der Waals surface area (Å²) in [5.41, 5.74) is -4.10. The standard InChI is InChI=1S/C11H12O5/c1-5(12)10(6(2)13)9(16)11(10,7(3)14)8(4)15/h1-4H3. The van der Waals surface area contributed by atoms with Crippen molar-refractivity contribution in [3.8, 4) is 0 Å². The molecule has 0 bridgehead atoms. The van der Waals surface area contributed by atoms with E-state index in [0.717, 1.165) is 27.7 Å². The molecule has 16 heavy (non-hydrogen) atoms. The van der Waals surface area contributed by atoms with Crippen LogP contribution in [0, 0.1) is 10.8 Å². The highest BCUT2D eigenvalue weighted by molar-refractivity contribution is 6.52. The number of carbonyl (C=O) groups is 5. The van der Waals surface area contributed by atoms with Crippen molar-refractivity contribution in [3.63, 3.8) is 0 Å². The molecule has 1 rings (SSSR count). The lowest BCUT2D eigenvalue weighted by molar-refractivity contribution is -0.143. The number of Topliss-reactive ketones (excluding diaryl/α,β-unsaturated/α-hetero) is 5. The van der Waals surface area contributed by atoms with Gasteiger partial charge in [0.2, 0.25) is 0 Å². The molecule has 0 saturated heterocycles. The van der Waals surface area contributed by atoms with Crippen LogP contribution in [0.2, 0.25) is 0 Å². The van der Waals surface area contributed by atoms with Crippen LogP contribution >= 0.6 is 0 Å². The smallest absolute Gasteiger partial charge is 0.178 e. The van der Waals surface area contributed by atoms with Crippen LogP contribution in [0.5, 0.6) is 0 Å². The van der Waals surface area contributed by atoms with E-state index < -0.39 is 39.7 Å². The number of carbonyl (C=O) groups excluding carboxylic acids is 5. The Kier molecular flexibility index (Phi) is 2.46. The van der Waals surface area contributed by atoms with Crippen LogP contribution in [-0.4, -0.2) is 28.9 Å². The minimum atomic E-state index is -2.05. The maximum Gasteiger partial charge on any atom is 0.178 e. The Labute approximate surface area is 92.2 Å². The molecule has 0 radical (unpaired) electrons. The highest BCUT2D eigenvalue weighted by Crippen LogP contribution is 2.61. The first kappa shape index (κ1) is 12.4. The Hall–Kier alpha value is -1.65. The SMILES string of the molecule is CC(=O)C1(C(C)=O)C(=O)C1(C(C)=O)C(C)=O. The van der Waals surface area contributed by atoms with Gasteiger partial charge in [0.05, 0.1) is 0 Å². The normalized spacial score (nSPS) is 20.1. The van der Waals surface area contributed by atoms with E-state index in [-0.39, 0.29) is 0 Å². The van der Waals surface area contributed by atoms with Gasteiger partial charge < -0.3 is 0 Å². The first-order valence-electron chi connectivity index (χ1n) is 4.77. The fourth-order valence-electron chi connectivity index (χ4n) is 2.57. The van der Waals surface area contributed by atoms with Crippen LogP contribution in [0.15, 0.2) is 0 Å². The Morgan fingerprint density at radius 2 is 0.875 bits per heavy atom. The van der Waals surface area contributed by atoms with Gasteiger partial charge in [-0.25, -0.2) is 0 Å². The Balaban J connectivity index is 3.56. The van der Waals surface area contributed by atoms with Gasteiger partial charge in [0.25, 0.3) is 0 Å². The number of hydrogen-bond donors (Lipinski definition) is 0. The average molecular weight is 224 g/mol. The van der Waals surface area contributed by atoms with E-state index in [1.165, 1.54) is 0 Å². The Morgan fingerprint density at radius 3 is 0.938 bits per heavy atom. The highest BCUT2D eigenvalue weighted by Gasteiger charge is 2.87. The lowest BCUT2D eigenvalue weighted by Crippen LogP contribution is -2.36. The molecule has 0 unspecified atom stereocenters. The van der Waals surface area contributed by atoms with Crippen molar-refractivity contribution in [3.05, 3.63) is 0 Å². The van der Waals surface area contributed by atoms with E-state index in [1.807, 2.05) is 0 Å². The van der Waals surface area contributed by atoms with Crippen molar-refractivity contribution < 1.29 is 24.0 Å². The van der Waals surface area contributed by atoms with E-state index in [4.69, 9.17) is 0 Å². The van der Waals surface area contributed by atoms with Crippen LogP contribution in [0.4, 0.5) is 0 Å². The molecule has 0 spiro atoms. The zero-order chi connectivity index (χ0) is 12.9. The largest absolute Gasteiger partial charge is 0.298 e. The molecule has 0 aromatic carbocycles. The van der Waals surface area contributed by atoms with Gasteiger partial charge in [0.15, 0.2) is 39.7 Å². The zero-order valence-corrected chi connectivity index (χ0v) is 9.54. The summed E-state index contributed by atoms with van der Waals surface area (Å²) in [6, 6.07) is 0. The van der Waals surface area contributed by atoms with Crippen molar-refractivity contribution in [2.45, 2.75) is 27.7 Å². The molecule has 0 aromatic heterocycles. The molecule has 1 aliphatic carbocycles. The molecule has 0 amide bonds.